The normalized spacial score (nSPS) is 21.3. The van der Waals surface area contributed by atoms with Gasteiger partial charge in [0.05, 0.1) is 25.4 Å². The molecule has 0 saturated carbocycles. The van der Waals surface area contributed by atoms with Crippen molar-refractivity contribution in [3.05, 3.63) is 36.5 Å². The monoisotopic (exact) mass is 370 g/mol. The Bertz CT molecular complexity index is 802. The minimum Gasteiger partial charge on any atom is -0.465 e. The first-order valence-electron chi connectivity index (χ1n) is 9.09. The third-order valence-corrected chi connectivity index (χ3v) is 5.00. The number of fused-ring (bicyclic) bond motifs is 2. The lowest BCUT2D eigenvalue weighted by molar-refractivity contribution is 0.0302. The van der Waals surface area contributed by atoms with Crippen molar-refractivity contribution in [1.29, 1.82) is 0 Å². The van der Waals surface area contributed by atoms with Crippen LogP contribution in [0.2, 0.25) is 0 Å². The minimum absolute atomic E-state index is 0.0278. The molecular formula is C19H22N4O4. The van der Waals surface area contributed by atoms with E-state index in [0.717, 1.165) is 42.2 Å². The SMILES string of the molecule is O=C(O)N(CCO)c1ccc(-c2nccc(N3CC4CCC(C3)O4)n2)cc1. The quantitative estimate of drug-likeness (QED) is 0.830. The molecule has 4 rings (SSSR count). The summed E-state index contributed by atoms with van der Waals surface area (Å²) in [4.78, 5) is 23.7. The molecule has 2 aliphatic heterocycles. The van der Waals surface area contributed by atoms with Crippen molar-refractivity contribution in [2.24, 2.45) is 0 Å². The van der Waals surface area contributed by atoms with Gasteiger partial charge in [0.25, 0.3) is 0 Å². The minimum atomic E-state index is -1.10. The molecule has 0 spiro atoms. The standard InChI is InChI=1S/C19H22N4O4/c24-10-9-23(19(25)26)14-3-1-13(2-4-14)18-20-8-7-17(21-18)22-11-15-5-6-16(12-22)27-15/h1-4,7-8,15-16,24H,5-6,9-12H2,(H,25,26). The number of hydrogen-bond donors (Lipinski definition) is 2. The van der Waals surface area contributed by atoms with Crippen molar-refractivity contribution in [3.8, 4) is 11.4 Å². The van der Waals surface area contributed by atoms with Gasteiger partial charge in [-0.25, -0.2) is 14.8 Å². The molecule has 0 radical (unpaired) electrons. The number of rotatable bonds is 5. The Morgan fingerprint density at radius 2 is 1.89 bits per heavy atom. The molecule has 2 atom stereocenters. The molecule has 2 N–H and O–H groups in total. The molecule has 2 fully saturated rings. The first-order chi connectivity index (χ1) is 13.1. The Labute approximate surface area is 157 Å². The summed E-state index contributed by atoms with van der Waals surface area (Å²) in [5.41, 5.74) is 1.31. The van der Waals surface area contributed by atoms with Crippen LogP contribution in [0.3, 0.4) is 0 Å². The molecule has 8 heteroatoms. The highest BCUT2D eigenvalue weighted by Crippen LogP contribution is 2.29. The van der Waals surface area contributed by atoms with Crippen LogP contribution in [0.25, 0.3) is 11.4 Å². The van der Waals surface area contributed by atoms with Gasteiger partial charge in [0.15, 0.2) is 5.82 Å². The van der Waals surface area contributed by atoms with Crippen LogP contribution in [-0.2, 0) is 4.74 Å². The third kappa shape index (κ3) is 3.72. The van der Waals surface area contributed by atoms with Crippen molar-refractivity contribution in [2.45, 2.75) is 25.0 Å². The Morgan fingerprint density at radius 1 is 1.19 bits per heavy atom. The summed E-state index contributed by atoms with van der Waals surface area (Å²) < 4.78 is 5.88. The Morgan fingerprint density at radius 3 is 2.52 bits per heavy atom. The molecule has 1 aromatic heterocycles. The summed E-state index contributed by atoms with van der Waals surface area (Å²) in [6, 6.07) is 8.90. The molecule has 27 heavy (non-hydrogen) atoms. The molecule has 8 nitrogen and oxygen atoms in total. The van der Waals surface area contributed by atoms with E-state index in [0.29, 0.717) is 11.5 Å². The highest BCUT2D eigenvalue weighted by molar-refractivity contribution is 5.86. The smallest absolute Gasteiger partial charge is 0.411 e. The number of benzene rings is 1. The first kappa shape index (κ1) is 17.7. The number of anilines is 2. The molecular weight excluding hydrogens is 348 g/mol. The van der Waals surface area contributed by atoms with E-state index in [1.54, 1.807) is 30.5 Å². The van der Waals surface area contributed by atoms with Gasteiger partial charge in [0, 0.05) is 30.5 Å². The maximum atomic E-state index is 11.3. The van der Waals surface area contributed by atoms with Gasteiger partial charge in [-0.05, 0) is 43.2 Å². The molecule has 2 unspecified atom stereocenters. The fraction of sp³-hybridized carbons (Fsp3) is 0.421. The van der Waals surface area contributed by atoms with Crippen LogP contribution in [0.4, 0.5) is 16.3 Å². The number of hydrogen-bond acceptors (Lipinski definition) is 6. The van der Waals surface area contributed by atoms with Crippen LogP contribution >= 0.6 is 0 Å². The lowest BCUT2D eigenvalue weighted by Gasteiger charge is -2.33. The van der Waals surface area contributed by atoms with Crippen LogP contribution in [0.15, 0.2) is 36.5 Å². The van der Waals surface area contributed by atoms with Gasteiger partial charge in [-0.15, -0.1) is 0 Å². The lowest BCUT2D eigenvalue weighted by Crippen LogP contribution is -2.43. The fourth-order valence-electron chi connectivity index (χ4n) is 3.69. The molecule has 3 heterocycles. The van der Waals surface area contributed by atoms with Gasteiger partial charge < -0.3 is 19.8 Å². The van der Waals surface area contributed by atoms with E-state index in [2.05, 4.69) is 9.88 Å². The Kier molecular flexibility index (Phi) is 4.91. The maximum Gasteiger partial charge on any atom is 0.411 e. The highest BCUT2D eigenvalue weighted by Gasteiger charge is 2.34. The third-order valence-electron chi connectivity index (χ3n) is 5.00. The summed E-state index contributed by atoms with van der Waals surface area (Å²) in [6.07, 6.45) is 3.43. The van der Waals surface area contributed by atoms with E-state index in [9.17, 15) is 9.90 Å². The van der Waals surface area contributed by atoms with E-state index in [1.165, 1.54) is 0 Å². The number of aliphatic hydroxyl groups excluding tert-OH is 1. The summed E-state index contributed by atoms with van der Waals surface area (Å²) >= 11 is 0. The average Bonchev–Trinajstić information content (AvgIpc) is 3.04. The van der Waals surface area contributed by atoms with Crippen molar-refractivity contribution in [2.75, 3.05) is 36.0 Å². The van der Waals surface area contributed by atoms with Crippen LogP contribution in [-0.4, -0.2) is 64.7 Å². The first-order valence-corrected chi connectivity index (χ1v) is 9.09. The largest absolute Gasteiger partial charge is 0.465 e. The van der Waals surface area contributed by atoms with E-state index in [4.69, 9.17) is 14.8 Å². The number of ether oxygens (including phenoxy) is 1. The van der Waals surface area contributed by atoms with Crippen molar-refractivity contribution >= 4 is 17.6 Å². The second kappa shape index (κ2) is 7.50. The Hall–Kier alpha value is -2.71. The summed E-state index contributed by atoms with van der Waals surface area (Å²) in [5.74, 6) is 1.48. The van der Waals surface area contributed by atoms with E-state index in [1.807, 2.05) is 6.07 Å². The summed E-state index contributed by atoms with van der Waals surface area (Å²) in [7, 11) is 0. The van der Waals surface area contributed by atoms with Crippen LogP contribution in [0.5, 0.6) is 0 Å². The number of nitrogens with zero attached hydrogens (tertiary/aromatic N) is 4. The second-order valence-corrected chi connectivity index (χ2v) is 6.81. The number of carbonyl (C=O) groups is 1. The molecule has 2 aromatic rings. The van der Waals surface area contributed by atoms with Crippen LogP contribution in [0, 0.1) is 0 Å². The molecule has 1 amide bonds. The zero-order valence-corrected chi connectivity index (χ0v) is 14.9. The van der Waals surface area contributed by atoms with E-state index < -0.39 is 6.09 Å². The summed E-state index contributed by atoms with van der Waals surface area (Å²) in [6.45, 7) is 1.49. The van der Waals surface area contributed by atoms with Gasteiger partial charge in [0.1, 0.15) is 5.82 Å². The van der Waals surface area contributed by atoms with Gasteiger partial charge in [0.2, 0.25) is 0 Å². The molecule has 2 bridgehead atoms. The topological polar surface area (TPSA) is 99.0 Å². The van der Waals surface area contributed by atoms with Gasteiger partial charge in [-0.1, -0.05) is 0 Å². The number of amides is 1. The fourth-order valence-corrected chi connectivity index (χ4v) is 3.69. The van der Waals surface area contributed by atoms with Crippen LogP contribution < -0.4 is 9.80 Å². The van der Waals surface area contributed by atoms with E-state index in [-0.39, 0.29) is 25.4 Å². The number of aliphatic hydroxyl groups is 1. The predicted octanol–water partition coefficient (Wildman–Crippen LogP) is 1.99. The average molecular weight is 370 g/mol. The maximum absolute atomic E-state index is 11.3. The number of carboxylic acid groups (broad SMARTS) is 1. The van der Waals surface area contributed by atoms with Crippen molar-refractivity contribution < 1.29 is 19.7 Å². The van der Waals surface area contributed by atoms with Gasteiger partial charge >= 0.3 is 6.09 Å². The summed E-state index contributed by atoms with van der Waals surface area (Å²) in [5, 5.41) is 18.3. The van der Waals surface area contributed by atoms with Gasteiger partial charge in [-0.2, -0.15) is 0 Å². The number of aromatic nitrogens is 2. The molecule has 2 aliphatic rings. The Balaban J connectivity index is 1.54. The predicted molar refractivity (Wildman–Crippen MR) is 100 cm³/mol. The van der Waals surface area contributed by atoms with E-state index >= 15 is 0 Å². The van der Waals surface area contributed by atoms with Crippen LogP contribution in [0.1, 0.15) is 12.8 Å². The lowest BCUT2D eigenvalue weighted by atomic mass is 10.2. The zero-order chi connectivity index (χ0) is 18.8. The van der Waals surface area contributed by atoms with Crippen molar-refractivity contribution in [1.82, 2.24) is 9.97 Å². The highest BCUT2D eigenvalue weighted by atomic mass is 16.5. The number of morpholine rings is 1. The zero-order valence-electron chi connectivity index (χ0n) is 14.9. The molecule has 0 aliphatic carbocycles. The second-order valence-electron chi connectivity index (χ2n) is 6.81. The van der Waals surface area contributed by atoms with Crippen molar-refractivity contribution in [3.63, 3.8) is 0 Å². The molecule has 142 valence electrons. The molecule has 2 saturated heterocycles. The van der Waals surface area contributed by atoms with Gasteiger partial charge in [-0.3, -0.25) is 4.90 Å². The molecule has 1 aromatic carbocycles.